The van der Waals surface area contributed by atoms with Gasteiger partial charge >= 0.3 is 0 Å². The van der Waals surface area contributed by atoms with Crippen molar-refractivity contribution in [1.82, 2.24) is 5.32 Å². The lowest BCUT2D eigenvalue weighted by molar-refractivity contribution is 0.128. The van der Waals surface area contributed by atoms with Gasteiger partial charge in [0.1, 0.15) is 5.75 Å². The summed E-state index contributed by atoms with van der Waals surface area (Å²) in [6, 6.07) is 6.34. The molecule has 18 heavy (non-hydrogen) atoms. The molecular formula is C15H22BrNO. The van der Waals surface area contributed by atoms with Crippen molar-refractivity contribution in [3.8, 4) is 5.75 Å². The topological polar surface area (TPSA) is 21.3 Å². The van der Waals surface area contributed by atoms with Gasteiger partial charge in [-0.2, -0.15) is 0 Å². The van der Waals surface area contributed by atoms with Gasteiger partial charge in [-0.15, -0.1) is 0 Å². The summed E-state index contributed by atoms with van der Waals surface area (Å²) >= 11 is 3.61. The van der Waals surface area contributed by atoms with Crippen molar-refractivity contribution in [2.75, 3.05) is 7.05 Å². The maximum Gasteiger partial charge on any atom is 0.133 e. The molecule has 1 fully saturated rings. The molecule has 0 aliphatic heterocycles. The van der Waals surface area contributed by atoms with Gasteiger partial charge in [0.25, 0.3) is 0 Å². The molecule has 0 aromatic heterocycles. The Morgan fingerprint density at radius 3 is 2.89 bits per heavy atom. The van der Waals surface area contributed by atoms with Crippen LogP contribution in [-0.2, 0) is 6.54 Å². The predicted octanol–water partition coefficient (Wildman–Crippen LogP) is 4.13. The fourth-order valence-electron chi connectivity index (χ4n) is 2.62. The second-order valence-corrected chi connectivity index (χ2v) is 6.16. The summed E-state index contributed by atoms with van der Waals surface area (Å²) in [6.45, 7) is 3.21. The standard InChI is InChI=1S/C15H22BrNO/c1-11-4-3-5-13(8-11)18-15-7-6-12(10-17-2)9-14(15)16/h6-7,9,11,13,17H,3-5,8,10H2,1-2H3. The second-order valence-electron chi connectivity index (χ2n) is 5.31. The fraction of sp³-hybridized carbons (Fsp3) is 0.600. The molecule has 0 radical (unpaired) electrons. The van der Waals surface area contributed by atoms with E-state index in [0.717, 1.165) is 22.7 Å². The third-order valence-corrected chi connectivity index (χ3v) is 4.18. The summed E-state index contributed by atoms with van der Waals surface area (Å²) < 4.78 is 7.19. The first-order valence-electron chi connectivity index (χ1n) is 6.78. The molecule has 100 valence electrons. The number of hydrogen-bond donors (Lipinski definition) is 1. The maximum atomic E-state index is 6.12. The Hall–Kier alpha value is -0.540. The molecule has 2 rings (SSSR count). The van der Waals surface area contributed by atoms with E-state index in [2.05, 4.69) is 46.4 Å². The second kappa shape index (κ2) is 6.58. The van der Waals surface area contributed by atoms with Crippen molar-refractivity contribution in [3.63, 3.8) is 0 Å². The van der Waals surface area contributed by atoms with Crippen molar-refractivity contribution >= 4 is 15.9 Å². The molecule has 2 nitrogen and oxygen atoms in total. The van der Waals surface area contributed by atoms with E-state index < -0.39 is 0 Å². The van der Waals surface area contributed by atoms with Gasteiger partial charge in [-0.25, -0.2) is 0 Å². The van der Waals surface area contributed by atoms with Gasteiger partial charge in [0.05, 0.1) is 10.6 Å². The molecule has 1 N–H and O–H groups in total. The van der Waals surface area contributed by atoms with E-state index in [9.17, 15) is 0 Å². The van der Waals surface area contributed by atoms with E-state index in [4.69, 9.17) is 4.74 Å². The molecule has 2 atom stereocenters. The molecule has 2 unspecified atom stereocenters. The van der Waals surface area contributed by atoms with Crippen LogP contribution in [0.3, 0.4) is 0 Å². The minimum absolute atomic E-state index is 0.389. The summed E-state index contributed by atoms with van der Waals surface area (Å²) in [5.74, 6) is 1.78. The third-order valence-electron chi connectivity index (χ3n) is 3.56. The summed E-state index contributed by atoms with van der Waals surface area (Å²) in [5, 5.41) is 3.16. The number of hydrogen-bond acceptors (Lipinski definition) is 2. The van der Waals surface area contributed by atoms with Crippen molar-refractivity contribution in [1.29, 1.82) is 0 Å². The normalized spacial score (nSPS) is 23.9. The van der Waals surface area contributed by atoms with E-state index in [1.807, 2.05) is 7.05 Å². The highest BCUT2D eigenvalue weighted by atomic mass is 79.9. The van der Waals surface area contributed by atoms with Crippen LogP contribution in [-0.4, -0.2) is 13.2 Å². The molecule has 1 saturated carbocycles. The van der Waals surface area contributed by atoms with Crippen molar-refractivity contribution < 1.29 is 4.74 Å². The number of nitrogens with one attached hydrogen (secondary N) is 1. The zero-order chi connectivity index (χ0) is 13.0. The zero-order valence-electron chi connectivity index (χ0n) is 11.2. The number of halogens is 1. The van der Waals surface area contributed by atoms with Crippen LogP contribution in [0.25, 0.3) is 0 Å². The molecule has 0 heterocycles. The third kappa shape index (κ3) is 3.72. The first-order chi connectivity index (χ1) is 8.69. The highest BCUT2D eigenvalue weighted by molar-refractivity contribution is 9.10. The number of benzene rings is 1. The minimum atomic E-state index is 0.389. The Kier molecular flexibility index (Phi) is 5.07. The lowest BCUT2D eigenvalue weighted by Crippen LogP contribution is -2.24. The van der Waals surface area contributed by atoms with E-state index >= 15 is 0 Å². The minimum Gasteiger partial charge on any atom is -0.489 e. The van der Waals surface area contributed by atoms with Crippen molar-refractivity contribution in [3.05, 3.63) is 28.2 Å². The van der Waals surface area contributed by atoms with E-state index in [1.54, 1.807) is 0 Å². The summed E-state index contributed by atoms with van der Waals surface area (Å²) in [7, 11) is 1.96. The lowest BCUT2D eigenvalue weighted by atomic mass is 9.89. The molecule has 0 amide bonds. The lowest BCUT2D eigenvalue weighted by Gasteiger charge is -2.27. The van der Waals surface area contributed by atoms with Gasteiger partial charge in [0, 0.05) is 6.54 Å². The van der Waals surface area contributed by atoms with Crippen LogP contribution in [0.4, 0.5) is 0 Å². The first-order valence-corrected chi connectivity index (χ1v) is 7.58. The smallest absolute Gasteiger partial charge is 0.133 e. The summed E-state index contributed by atoms with van der Waals surface area (Å²) in [4.78, 5) is 0. The highest BCUT2D eigenvalue weighted by Crippen LogP contribution is 2.31. The van der Waals surface area contributed by atoms with Crippen LogP contribution in [0.2, 0.25) is 0 Å². The average molecular weight is 312 g/mol. The molecule has 0 bridgehead atoms. The monoisotopic (exact) mass is 311 g/mol. The Morgan fingerprint density at radius 2 is 2.22 bits per heavy atom. The first kappa shape index (κ1) is 13.9. The van der Waals surface area contributed by atoms with Crippen LogP contribution >= 0.6 is 15.9 Å². The van der Waals surface area contributed by atoms with Crippen LogP contribution in [0, 0.1) is 5.92 Å². The summed E-state index contributed by atoms with van der Waals surface area (Å²) in [5.41, 5.74) is 1.27. The maximum absolute atomic E-state index is 6.12. The SMILES string of the molecule is CNCc1ccc(OC2CCCC(C)C2)c(Br)c1. The molecule has 0 spiro atoms. The molecule has 3 heteroatoms. The van der Waals surface area contributed by atoms with E-state index in [-0.39, 0.29) is 0 Å². The van der Waals surface area contributed by atoms with E-state index in [1.165, 1.54) is 31.2 Å². The van der Waals surface area contributed by atoms with Crippen LogP contribution < -0.4 is 10.1 Å². The van der Waals surface area contributed by atoms with Gasteiger partial charge in [0.15, 0.2) is 0 Å². The quantitative estimate of drug-likeness (QED) is 0.903. The Balaban J connectivity index is 2.00. The highest BCUT2D eigenvalue weighted by Gasteiger charge is 2.20. The predicted molar refractivity (Wildman–Crippen MR) is 79.0 cm³/mol. The zero-order valence-corrected chi connectivity index (χ0v) is 12.8. The molecular weight excluding hydrogens is 290 g/mol. The number of rotatable bonds is 4. The molecule has 1 aliphatic carbocycles. The van der Waals surface area contributed by atoms with E-state index in [0.29, 0.717) is 6.10 Å². The van der Waals surface area contributed by atoms with Gasteiger partial charge < -0.3 is 10.1 Å². The molecule has 1 aromatic carbocycles. The van der Waals surface area contributed by atoms with Gasteiger partial charge in [-0.1, -0.05) is 19.4 Å². The van der Waals surface area contributed by atoms with Gasteiger partial charge in [0.2, 0.25) is 0 Å². The van der Waals surface area contributed by atoms with Crippen LogP contribution in [0.5, 0.6) is 5.75 Å². The van der Waals surface area contributed by atoms with Crippen LogP contribution in [0.1, 0.15) is 38.2 Å². The van der Waals surface area contributed by atoms with Gasteiger partial charge in [-0.3, -0.25) is 0 Å². The Labute approximate surface area is 118 Å². The van der Waals surface area contributed by atoms with Crippen LogP contribution in [0.15, 0.2) is 22.7 Å². The van der Waals surface area contributed by atoms with Gasteiger partial charge in [-0.05, 0) is 65.9 Å². The Morgan fingerprint density at radius 1 is 1.39 bits per heavy atom. The summed E-state index contributed by atoms with van der Waals surface area (Å²) in [6.07, 6.45) is 5.41. The number of ether oxygens (including phenoxy) is 1. The van der Waals surface area contributed by atoms with Crippen molar-refractivity contribution in [2.45, 2.75) is 45.3 Å². The Bertz CT molecular complexity index is 394. The average Bonchev–Trinajstić information content (AvgIpc) is 2.33. The largest absolute Gasteiger partial charge is 0.489 e. The van der Waals surface area contributed by atoms with Crippen molar-refractivity contribution in [2.24, 2.45) is 5.92 Å². The molecule has 0 saturated heterocycles. The fourth-order valence-corrected chi connectivity index (χ4v) is 3.14. The molecule has 1 aromatic rings. The molecule has 1 aliphatic rings.